The van der Waals surface area contributed by atoms with Gasteiger partial charge in [0.25, 0.3) is 5.79 Å². The highest BCUT2D eigenvalue weighted by Gasteiger charge is 2.68. The number of carboxylic acid groups (broad SMARTS) is 1. The van der Waals surface area contributed by atoms with Crippen molar-refractivity contribution in [3.63, 3.8) is 0 Å². The molecule has 0 spiro atoms. The zero-order valence-electron chi connectivity index (χ0n) is 21.6. The first-order valence-electron chi connectivity index (χ1n) is 12.2. The number of methoxy groups -OCH3 is 2. The molecule has 2 aliphatic rings. The van der Waals surface area contributed by atoms with Crippen molar-refractivity contribution in [1.82, 2.24) is 0 Å². The van der Waals surface area contributed by atoms with E-state index in [0.29, 0.717) is 22.8 Å². The highest BCUT2D eigenvalue weighted by atomic mass is 35.5. The number of allylic oxidation sites excluding steroid dienone is 1. The molecule has 1 N–H and O–H groups in total. The predicted octanol–water partition coefficient (Wildman–Crippen LogP) is 6.54. The van der Waals surface area contributed by atoms with Crippen molar-refractivity contribution in [3.05, 3.63) is 76.3 Å². The van der Waals surface area contributed by atoms with Crippen molar-refractivity contribution in [2.75, 3.05) is 14.2 Å². The zero-order valence-corrected chi connectivity index (χ0v) is 22.3. The second kappa shape index (κ2) is 10.9. The fourth-order valence-corrected chi connectivity index (χ4v) is 5.73. The molecule has 1 saturated carbocycles. The predicted molar refractivity (Wildman–Crippen MR) is 140 cm³/mol. The van der Waals surface area contributed by atoms with Crippen molar-refractivity contribution in [3.8, 4) is 11.5 Å². The molecule has 4 atom stereocenters. The minimum absolute atomic E-state index is 0.101. The summed E-state index contributed by atoms with van der Waals surface area (Å²) >= 11 is 6.98. The number of carboxylic acids is 1. The van der Waals surface area contributed by atoms with Crippen LogP contribution in [0.3, 0.4) is 0 Å². The minimum atomic E-state index is -1.28. The standard InChI is InChI=1S/C29H33ClO7/c1-18-14-19(2)16-22(15-18)28(3)29(34-5,37-36-28)24-12-8-21(9-13-25(31)32)27(26(24)30)35-17-20-6-10-23(33-4)11-7-20/h6-13,19,22H,1,14-17H2,2-5H3,(H,31,32)/b13-9+. The molecule has 1 aliphatic heterocycles. The first-order valence-corrected chi connectivity index (χ1v) is 12.6. The summed E-state index contributed by atoms with van der Waals surface area (Å²) in [6.45, 7) is 8.61. The molecular weight excluding hydrogens is 496 g/mol. The fraction of sp³-hybridized carbons (Fsp3) is 0.414. The Balaban J connectivity index is 1.72. The lowest BCUT2D eigenvalue weighted by atomic mass is 9.67. The van der Waals surface area contributed by atoms with Crippen molar-refractivity contribution >= 4 is 23.6 Å². The van der Waals surface area contributed by atoms with E-state index in [9.17, 15) is 9.90 Å². The van der Waals surface area contributed by atoms with Crippen molar-refractivity contribution < 1.29 is 33.9 Å². The van der Waals surface area contributed by atoms with E-state index in [2.05, 4.69) is 13.5 Å². The average molecular weight is 529 g/mol. The molecule has 198 valence electrons. The third-order valence-corrected chi connectivity index (χ3v) is 7.72. The van der Waals surface area contributed by atoms with Crippen LogP contribution in [0.15, 0.2) is 54.6 Å². The number of ether oxygens (including phenoxy) is 3. The molecular formula is C29H33ClO7. The maximum Gasteiger partial charge on any atom is 0.328 e. The molecule has 1 aliphatic carbocycles. The SMILES string of the molecule is C=C1CC(C)CC(C2(C)OOC2(OC)c2ccc(/C=C/C(=O)O)c(OCc3ccc(OC)cc3)c2Cl)C1. The van der Waals surface area contributed by atoms with Gasteiger partial charge in [0.2, 0.25) is 0 Å². The lowest BCUT2D eigenvalue weighted by Gasteiger charge is -2.57. The van der Waals surface area contributed by atoms with E-state index < -0.39 is 17.4 Å². The quantitative estimate of drug-likeness (QED) is 0.225. The van der Waals surface area contributed by atoms with Gasteiger partial charge in [0.15, 0.2) is 5.60 Å². The topological polar surface area (TPSA) is 83.5 Å². The van der Waals surface area contributed by atoms with Gasteiger partial charge in [0.05, 0.1) is 12.1 Å². The van der Waals surface area contributed by atoms with Crippen LogP contribution in [0.5, 0.6) is 11.5 Å². The van der Waals surface area contributed by atoms with Gasteiger partial charge in [-0.25, -0.2) is 9.68 Å². The van der Waals surface area contributed by atoms with Crippen LogP contribution in [0.1, 0.15) is 49.8 Å². The average Bonchev–Trinajstić information content (AvgIpc) is 2.87. The maximum atomic E-state index is 11.2. The van der Waals surface area contributed by atoms with E-state index >= 15 is 0 Å². The lowest BCUT2D eigenvalue weighted by molar-refractivity contribution is -0.624. The zero-order chi connectivity index (χ0) is 26.8. The number of rotatable bonds is 9. The molecule has 4 unspecified atom stereocenters. The third-order valence-electron chi connectivity index (χ3n) is 7.34. The molecule has 37 heavy (non-hydrogen) atoms. The van der Waals surface area contributed by atoms with Crippen molar-refractivity contribution in [2.24, 2.45) is 11.8 Å². The van der Waals surface area contributed by atoms with Crippen LogP contribution in [0, 0.1) is 11.8 Å². The normalized spacial score (nSPS) is 27.6. The highest BCUT2D eigenvalue weighted by molar-refractivity contribution is 6.33. The van der Waals surface area contributed by atoms with Gasteiger partial charge in [-0.3, -0.25) is 0 Å². The van der Waals surface area contributed by atoms with Gasteiger partial charge in [-0.15, -0.1) is 0 Å². The number of hydrogen-bond donors (Lipinski definition) is 1. The number of carbonyl (C=O) groups is 1. The molecule has 0 bridgehead atoms. The van der Waals surface area contributed by atoms with E-state index in [1.165, 1.54) is 11.6 Å². The molecule has 1 saturated heterocycles. The minimum Gasteiger partial charge on any atom is -0.497 e. The van der Waals surface area contributed by atoms with E-state index in [1.807, 2.05) is 31.2 Å². The van der Waals surface area contributed by atoms with Crippen molar-refractivity contribution in [1.29, 1.82) is 0 Å². The van der Waals surface area contributed by atoms with Crippen LogP contribution in [0.2, 0.25) is 5.02 Å². The maximum absolute atomic E-state index is 11.2. The first-order chi connectivity index (χ1) is 17.6. The Morgan fingerprint density at radius 2 is 1.92 bits per heavy atom. The van der Waals surface area contributed by atoms with E-state index in [-0.39, 0.29) is 17.5 Å². The molecule has 2 fully saturated rings. The van der Waals surface area contributed by atoms with Crippen LogP contribution in [0.4, 0.5) is 0 Å². The molecule has 2 aromatic carbocycles. The third kappa shape index (κ3) is 5.14. The smallest absolute Gasteiger partial charge is 0.328 e. The number of hydrogen-bond acceptors (Lipinski definition) is 6. The van der Waals surface area contributed by atoms with Gasteiger partial charge < -0.3 is 19.3 Å². The van der Waals surface area contributed by atoms with E-state index in [1.54, 1.807) is 26.4 Å². The van der Waals surface area contributed by atoms with Gasteiger partial charge in [-0.05, 0) is 55.9 Å². The molecule has 8 heteroatoms. The molecule has 1 heterocycles. The Labute approximate surface area is 222 Å². The lowest BCUT2D eigenvalue weighted by Crippen LogP contribution is -2.68. The molecule has 2 aromatic rings. The Hall–Kier alpha value is -2.84. The summed E-state index contributed by atoms with van der Waals surface area (Å²) < 4.78 is 17.4. The Morgan fingerprint density at radius 3 is 2.49 bits per heavy atom. The summed E-state index contributed by atoms with van der Waals surface area (Å²) in [6, 6.07) is 11.0. The number of halogens is 1. The van der Waals surface area contributed by atoms with Gasteiger partial charge >= 0.3 is 5.97 Å². The summed E-state index contributed by atoms with van der Waals surface area (Å²) in [5.41, 5.74) is 2.30. The van der Waals surface area contributed by atoms with Gasteiger partial charge in [-0.2, -0.15) is 4.89 Å². The van der Waals surface area contributed by atoms with Gasteiger partial charge in [-0.1, -0.05) is 54.9 Å². The Bertz CT molecular complexity index is 1190. The molecule has 7 nitrogen and oxygen atoms in total. The number of aliphatic carboxylic acids is 1. The second-order valence-electron chi connectivity index (χ2n) is 9.94. The fourth-order valence-electron chi connectivity index (χ4n) is 5.38. The summed E-state index contributed by atoms with van der Waals surface area (Å²) in [5, 5.41) is 9.44. The van der Waals surface area contributed by atoms with E-state index in [4.69, 9.17) is 35.6 Å². The number of benzene rings is 2. The largest absolute Gasteiger partial charge is 0.497 e. The van der Waals surface area contributed by atoms with Crippen molar-refractivity contribution in [2.45, 2.75) is 51.1 Å². The first kappa shape index (κ1) is 27.2. The van der Waals surface area contributed by atoms with Crippen LogP contribution >= 0.6 is 11.6 Å². The second-order valence-corrected chi connectivity index (χ2v) is 10.3. The van der Waals surface area contributed by atoms with Crippen LogP contribution in [-0.4, -0.2) is 30.9 Å². The van der Waals surface area contributed by atoms with Gasteiger partial charge in [0.1, 0.15) is 18.1 Å². The molecule has 0 amide bonds. The van der Waals surface area contributed by atoms with Crippen LogP contribution in [-0.2, 0) is 31.7 Å². The van der Waals surface area contributed by atoms with Crippen LogP contribution in [0.25, 0.3) is 6.08 Å². The summed E-state index contributed by atoms with van der Waals surface area (Å²) in [5.74, 6) is -0.739. The summed E-state index contributed by atoms with van der Waals surface area (Å²) in [6.07, 6.45) is 5.21. The Morgan fingerprint density at radius 1 is 1.19 bits per heavy atom. The molecule has 0 radical (unpaired) electrons. The molecule has 4 rings (SSSR count). The summed E-state index contributed by atoms with van der Waals surface area (Å²) in [4.78, 5) is 22.8. The Kier molecular flexibility index (Phi) is 7.99. The molecule has 0 aromatic heterocycles. The highest BCUT2D eigenvalue weighted by Crippen LogP contribution is 2.59. The van der Waals surface area contributed by atoms with Gasteiger partial charge in [0, 0.05) is 30.2 Å². The monoisotopic (exact) mass is 528 g/mol. The van der Waals surface area contributed by atoms with Crippen LogP contribution < -0.4 is 9.47 Å². The summed E-state index contributed by atoms with van der Waals surface area (Å²) in [7, 11) is 3.17. The van der Waals surface area contributed by atoms with E-state index in [0.717, 1.165) is 36.7 Å².